The SMILES string of the molecule is CCc1cc(COS(C)(=O)=O)cc(NC(=O)CCC(=O)CNC(=O)CCC(=O)CCC(C)(C)SSC)c1.COc1cc2c(cc1OCc1cc(COc3cc4c(cc3C)C(=O)N3c5ccccc5C[C@H]3C=N4)cc(NC(=O)CCC(=O)CNC(=O)CCC(=O)CCC(C)(C)SSC)c1)N=C[C@@H]1Cc3ccccc3N1C2=O.Cc1cc2c(cc1O)N=C[C@@H]1Cc3ccccc3N1C2=O.O=CO[O-].[H-].[K+].[K+]. The van der Waals surface area contributed by atoms with Crippen molar-refractivity contribution in [2.75, 3.05) is 64.3 Å². The Hall–Kier alpha value is -9.05. The van der Waals surface area contributed by atoms with Crippen molar-refractivity contribution in [3.8, 4) is 23.0 Å². The van der Waals surface area contributed by atoms with E-state index in [-0.39, 0.29) is 281 Å². The van der Waals surface area contributed by atoms with Crippen LogP contribution in [-0.2, 0) is 108 Å². The number of carbonyl (C=O) groups is 12. The molecule has 0 radical (unpaired) electrons. The third kappa shape index (κ3) is 32.2. The van der Waals surface area contributed by atoms with E-state index in [9.17, 15) is 66.3 Å². The van der Waals surface area contributed by atoms with Crippen molar-refractivity contribution in [2.45, 2.75) is 199 Å². The molecule has 0 aromatic heterocycles. The average molecular weight is 2030 g/mol. The molecule has 3 atom stereocenters. The van der Waals surface area contributed by atoms with Gasteiger partial charge in [0.15, 0.2) is 23.1 Å². The maximum absolute atomic E-state index is 14.0. The summed E-state index contributed by atoms with van der Waals surface area (Å²) in [7, 11) is 4.65. The fraction of sp³-hybridized carbons (Fsp3) is 0.370. The summed E-state index contributed by atoms with van der Waals surface area (Å²) in [6.07, 6.45) is 15.3. The van der Waals surface area contributed by atoms with E-state index in [2.05, 4.69) is 58.8 Å². The van der Waals surface area contributed by atoms with Crippen molar-refractivity contribution in [1.29, 1.82) is 0 Å². The van der Waals surface area contributed by atoms with Gasteiger partial charge in [-0.25, -0.2) is 0 Å². The van der Waals surface area contributed by atoms with Crippen LogP contribution in [0.25, 0.3) is 0 Å². The summed E-state index contributed by atoms with van der Waals surface area (Å²) in [5.41, 5.74) is 14.1. The molecule has 7 amide bonds. The second-order valence-electron chi connectivity index (χ2n) is 34.4. The van der Waals surface area contributed by atoms with E-state index in [1.54, 1.807) is 144 Å². The van der Waals surface area contributed by atoms with Crippen molar-refractivity contribution in [3.05, 3.63) is 212 Å². The van der Waals surface area contributed by atoms with E-state index in [1.807, 2.05) is 111 Å². The fourth-order valence-electron chi connectivity index (χ4n) is 15.9. The summed E-state index contributed by atoms with van der Waals surface area (Å²) in [5, 5.41) is 29.0. The number of methoxy groups -OCH3 is 1. The zero-order valence-corrected chi connectivity index (χ0v) is 89.9. The molecule has 6 heterocycles. The zero-order chi connectivity index (χ0) is 98.1. The van der Waals surface area contributed by atoms with Crippen molar-refractivity contribution < 1.29 is 204 Å². The molecule has 31 nitrogen and oxygen atoms in total. The van der Waals surface area contributed by atoms with Crippen LogP contribution in [0.2, 0.25) is 0 Å². The average Bonchev–Trinajstić information content (AvgIpc) is 1.62. The molecule has 5 N–H and O–H groups in total. The number of fused-ring (bicyclic) bond motifs is 12. The molecule has 38 heteroatoms. The van der Waals surface area contributed by atoms with Crippen LogP contribution >= 0.6 is 43.2 Å². The Bertz CT molecular complexity index is 6090. The summed E-state index contributed by atoms with van der Waals surface area (Å²) >= 11 is 0. The number of aromatic hydroxyl groups is 1. The molecule has 720 valence electrons. The minimum Gasteiger partial charge on any atom is -1.00 e. The first kappa shape index (κ1) is 113. The second kappa shape index (κ2) is 53.2. The molecule has 0 saturated carbocycles. The minimum atomic E-state index is -3.60. The maximum atomic E-state index is 14.0. The van der Waals surface area contributed by atoms with E-state index in [0.29, 0.717) is 123 Å². The molecule has 14 rings (SSSR count). The zero-order valence-electron chi connectivity index (χ0n) is 80.6. The molecule has 0 spiro atoms. The van der Waals surface area contributed by atoms with Crippen LogP contribution in [0, 0.1) is 13.8 Å². The van der Waals surface area contributed by atoms with Crippen LogP contribution in [0.3, 0.4) is 0 Å². The molecule has 0 bridgehead atoms. The number of aliphatic imine (C=N–C) groups is 3. The number of aryl methyl sites for hydroxylation is 3. The monoisotopic (exact) mass is 2030 g/mol. The standard InChI is InChI=1S/C57H58N6O9S2.C25H38N2O7S3.C17H14N2O2.CH2O3.2K.H/c1-34-20-44-46(58-29-40-24-37-10-6-8-12-48(37)62(40)55(44)68)27-50(34)71-32-35-21-36(23-39(22-35)61-54(67)17-15-43(65)31-60-53(66)16-14-42(64)18-19-57(2,3)74-73-5)33-72-52-28-47-45(26-51(52)70-4)56(69)63-41(30-59-47)25-38-11-7-9-13-49(38)63;1-6-18-13-19(17-34-37(5,32)33)15-20(14-18)27-24(31)10-8-22(29)16-26-23(30)9-7-21(28)11-12-25(2,3)36-35-4;1-10-6-13-14(8-16(10)20)18-9-12-7-11-4-2-3-5-15(11)19(12)17(13)21;2-1-4-3;;;/h6-13,20-23,26-30,40-41H,14-19,24-25,31-33H2,1-5H3,(H,60,66)(H,61,67);13-15H,6-12,16-17H2,1-5H3,(H,26,30)(H,27,31);2-6,8-9,12,20H,7H2,1H3;1,3H;;;/q;;;;2*+1;-1/p-1/t40-,41-;;12-;;;;/m0.0..../s1. The Morgan fingerprint density at radius 3 is 1.26 bits per heavy atom. The first-order chi connectivity index (χ1) is 64.9. The molecule has 0 fully saturated rings. The molecular weight excluding hydrogens is 1920 g/mol. The normalized spacial score (nSPS) is 14.7. The van der Waals surface area contributed by atoms with Crippen molar-refractivity contribution >= 4 is 188 Å². The quantitative estimate of drug-likeness (QED) is 0.00595. The van der Waals surface area contributed by atoms with Gasteiger partial charge in [-0.15, -0.1) is 0 Å². The van der Waals surface area contributed by atoms with E-state index >= 15 is 0 Å². The molecule has 6 aliphatic rings. The van der Waals surface area contributed by atoms with E-state index in [0.717, 1.165) is 58.4 Å². The van der Waals surface area contributed by atoms with Crippen LogP contribution in [0.1, 0.15) is 194 Å². The minimum absolute atomic E-state index is 0. The van der Waals surface area contributed by atoms with Crippen LogP contribution in [0.4, 0.5) is 45.5 Å². The molecule has 0 aliphatic carbocycles. The third-order valence-corrected chi connectivity index (χ3v) is 28.8. The van der Waals surface area contributed by atoms with Gasteiger partial charge in [-0.05, 0) is 190 Å². The summed E-state index contributed by atoms with van der Waals surface area (Å²) < 4.78 is 45.8. The number of ether oxygens (including phenoxy) is 3. The van der Waals surface area contributed by atoms with Gasteiger partial charge in [0.25, 0.3) is 34.3 Å². The van der Waals surface area contributed by atoms with Crippen LogP contribution in [0.15, 0.2) is 161 Å². The molecule has 138 heavy (non-hydrogen) atoms. The predicted molar refractivity (Wildman–Crippen MR) is 532 cm³/mol. The van der Waals surface area contributed by atoms with Gasteiger partial charge in [-0.3, -0.25) is 91.4 Å². The van der Waals surface area contributed by atoms with E-state index in [4.69, 9.17) is 38.4 Å². The Balaban J connectivity index is 0.000000300. The number of para-hydroxylation sites is 3. The van der Waals surface area contributed by atoms with E-state index in [1.165, 1.54) is 12.7 Å². The van der Waals surface area contributed by atoms with Crippen molar-refractivity contribution in [2.24, 2.45) is 15.0 Å². The fourth-order valence-corrected chi connectivity index (χ4v) is 20.8. The van der Waals surface area contributed by atoms with Gasteiger partial charge in [0.05, 0.1) is 84.9 Å². The van der Waals surface area contributed by atoms with Gasteiger partial charge in [0, 0.05) is 158 Å². The molecular formula is C100H112K2N10O21S5. The predicted octanol–water partition coefficient (Wildman–Crippen LogP) is 9.65. The summed E-state index contributed by atoms with van der Waals surface area (Å²) in [5.74, 6) is -1.16. The Morgan fingerprint density at radius 2 is 0.855 bits per heavy atom. The molecule has 0 saturated heterocycles. The molecule has 0 unspecified atom stereocenters. The van der Waals surface area contributed by atoms with Gasteiger partial charge in [0.2, 0.25) is 23.6 Å². The second-order valence-corrected chi connectivity index (χ2v) is 42.2. The smallest absolute Gasteiger partial charge is 1.00 e. The summed E-state index contributed by atoms with van der Waals surface area (Å²) in [4.78, 5) is 171. The first-order valence-corrected chi connectivity index (χ1v) is 51.2. The number of carbonyl (C=O) groups excluding carboxylic acids is 12. The number of benzene rings is 8. The largest absolute Gasteiger partial charge is 1.00 e. The van der Waals surface area contributed by atoms with Crippen LogP contribution in [0.5, 0.6) is 23.0 Å². The summed E-state index contributed by atoms with van der Waals surface area (Å²) in [6.45, 7) is 13.2. The van der Waals surface area contributed by atoms with Gasteiger partial charge >= 0.3 is 103 Å². The number of phenolic OH excluding ortho intramolecular Hbond substituents is 1. The number of rotatable bonds is 40. The van der Waals surface area contributed by atoms with Gasteiger partial charge in [-0.1, -0.05) is 111 Å². The van der Waals surface area contributed by atoms with Gasteiger partial charge in [-0.2, -0.15) is 8.42 Å². The third-order valence-electron chi connectivity index (χ3n) is 22.9. The van der Waals surface area contributed by atoms with Crippen LogP contribution in [-0.4, -0.2) is 170 Å². The number of phenols is 1. The number of nitrogens with one attached hydrogen (secondary N) is 4. The Labute approximate surface area is 905 Å². The molecule has 8 aromatic rings. The molecule has 6 aliphatic heterocycles. The number of hydrogen-bond acceptors (Lipinski definition) is 28. The number of nitrogens with zero attached hydrogens (tertiary/aromatic N) is 6. The van der Waals surface area contributed by atoms with Crippen LogP contribution < -0.4 is 158 Å². The number of hydrogen-bond donors (Lipinski definition) is 5. The summed E-state index contributed by atoms with van der Waals surface area (Å²) in [6, 6.07) is 44.0. The Kier molecular flexibility index (Phi) is 43.4. The number of amides is 7. The number of anilines is 5. The topological polar surface area (TPSA) is 423 Å². The first-order valence-electron chi connectivity index (χ1n) is 44.2. The van der Waals surface area contributed by atoms with E-state index < -0.39 is 21.9 Å². The van der Waals surface area contributed by atoms with Gasteiger partial charge < -0.3 is 52.2 Å². The van der Waals surface area contributed by atoms with Gasteiger partial charge in [0.1, 0.15) is 36.3 Å². The van der Waals surface area contributed by atoms with Crippen molar-refractivity contribution in [1.82, 2.24) is 10.6 Å². The van der Waals surface area contributed by atoms with Crippen molar-refractivity contribution in [3.63, 3.8) is 0 Å². The number of Topliss-reactive ketones (excluding diaryl/α,β-unsaturated/α-hetero) is 4. The Morgan fingerprint density at radius 1 is 0.493 bits per heavy atom. The number of ketones is 4. The molecule has 8 aromatic carbocycles. The maximum Gasteiger partial charge on any atom is 1.00 e.